The number of hydrogen-bond acceptors (Lipinski definition) is 6. The first kappa shape index (κ1) is 51.5. The Kier molecular flexibility index (Phi) is 38.3. The van der Waals surface area contributed by atoms with Crippen LogP contribution in [0, 0.1) is 0 Å². The van der Waals surface area contributed by atoms with Gasteiger partial charge in [-0.1, -0.05) is 157 Å². The third kappa shape index (κ3) is 42.2. The molecule has 0 aromatic rings. The quantitative estimate of drug-likeness (QED) is 0.0275. The lowest BCUT2D eigenvalue weighted by molar-refractivity contribution is -0.161. The average molecular weight is 777 g/mol. The Hall–Kier alpha value is -2.51. The molecule has 1 unspecified atom stereocenters. The minimum Gasteiger partial charge on any atom is -0.462 e. The molecule has 0 fully saturated rings. The van der Waals surface area contributed by atoms with Crippen LogP contribution in [0.15, 0.2) is 72.9 Å². The molecule has 0 rings (SSSR count). The van der Waals surface area contributed by atoms with Gasteiger partial charge < -0.3 is 19.3 Å². The van der Waals surface area contributed by atoms with E-state index in [9.17, 15) is 14.2 Å². The number of phosphoric ester groups is 1. The van der Waals surface area contributed by atoms with E-state index in [0.717, 1.165) is 77.0 Å². The van der Waals surface area contributed by atoms with Gasteiger partial charge in [0.05, 0.1) is 6.61 Å². The van der Waals surface area contributed by atoms with E-state index in [2.05, 4.69) is 91.3 Å². The summed E-state index contributed by atoms with van der Waals surface area (Å²) in [4.78, 5) is 42.9. The number of unbranched alkanes of at least 4 members (excludes halogenated alkanes) is 16. The second-order valence-corrected chi connectivity index (χ2v) is 15.2. The molecule has 54 heavy (non-hydrogen) atoms. The Labute approximate surface area is 329 Å². The zero-order valence-electron chi connectivity index (χ0n) is 34.1. The molecule has 0 radical (unpaired) electrons. The van der Waals surface area contributed by atoms with E-state index in [1.165, 1.54) is 64.2 Å². The van der Waals surface area contributed by atoms with Crippen LogP contribution in [0.2, 0.25) is 0 Å². The largest absolute Gasteiger partial charge is 0.469 e. The van der Waals surface area contributed by atoms with Crippen LogP contribution in [0.4, 0.5) is 0 Å². The summed E-state index contributed by atoms with van der Waals surface area (Å²) in [5, 5.41) is 0. The zero-order chi connectivity index (χ0) is 39.6. The molecule has 0 aliphatic heterocycles. The van der Waals surface area contributed by atoms with Crippen LogP contribution >= 0.6 is 7.82 Å². The molecule has 310 valence electrons. The van der Waals surface area contributed by atoms with Gasteiger partial charge in [0.2, 0.25) is 0 Å². The maximum atomic E-state index is 12.4. The van der Waals surface area contributed by atoms with Crippen molar-refractivity contribution in [2.75, 3.05) is 13.2 Å². The summed E-state index contributed by atoms with van der Waals surface area (Å²) >= 11 is 0. The summed E-state index contributed by atoms with van der Waals surface area (Å²) in [6.45, 7) is 3.53. The fourth-order valence-corrected chi connectivity index (χ4v) is 5.93. The zero-order valence-corrected chi connectivity index (χ0v) is 35.0. The first-order valence-electron chi connectivity index (χ1n) is 21.2. The number of allylic oxidation sites excluding steroid dienone is 12. The number of carbonyl (C=O) groups excluding carboxylic acids is 2. The first-order valence-corrected chi connectivity index (χ1v) is 22.8. The van der Waals surface area contributed by atoms with Crippen LogP contribution in [-0.4, -0.2) is 41.0 Å². The van der Waals surface area contributed by atoms with Gasteiger partial charge in [-0.2, -0.15) is 0 Å². The van der Waals surface area contributed by atoms with E-state index < -0.39 is 32.5 Å². The second-order valence-electron chi connectivity index (χ2n) is 13.9. The van der Waals surface area contributed by atoms with Gasteiger partial charge in [0, 0.05) is 12.8 Å². The number of esters is 2. The SMILES string of the molecule is CC/C=C\C/C=C\C/C=C\C/C=C\C/C=C\CCCCCC(=O)OC(COC(=O)CCCCCCCCC/C=C\CCCCCCCC)COP(=O)(O)O. The molecule has 0 aliphatic carbocycles. The van der Waals surface area contributed by atoms with Crippen molar-refractivity contribution in [3.05, 3.63) is 72.9 Å². The molecule has 0 spiro atoms. The van der Waals surface area contributed by atoms with E-state index in [1.54, 1.807) is 0 Å². The molecular formula is C45H77O8P. The normalized spacial score (nSPS) is 13.2. The van der Waals surface area contributed by atoms with E-state index in [1.807, 2.05) is 0 Å². The predicted molar refractivity (Wildman–Crippen MR) is 225 cm³/mol. The highest BCUT2D eigenvalue weighted by atomic mass is 31.2. The Morgan fingerprint density at radius 1 is 0.500 bits per heavy atom. The minimum absolute atomic E-state index is 0.169. The highest BCUT2D eigenvalue weighted by Crippen LogP contribution is 2.36. The van der Waals surface area contributed by atoms with Crippen LogP contribution in [-0.2, 0) is 28.2 Å². The van der Waals surface area contributed by atoms with Gasteiger partial charge in [-0.3, -0.25) is 14.1 Å². The van der Waals surface area contributed by atoms with Crippen molar-refractivity contribution in [2.24, 2.45) is 0 Å². The molecule has 0 amide bonds. The highest BCUT2D eigenvalue weighted by molar-refractivity contribution is 7.46. The van der Waals surface area contributed by atoms with Crippen LogP contribution < -0.4 is 0 Å². The molecule has 0 aromatic heterocycles. The van der Waals surface area contributed by atoms with E-state index in [4.69, 9.17) is 19.3 Å². The number of phosphoric acid groups is 1. The van der Waals surface area contributed by atoms with Crippen LogP contribution in [0.5, 0.6) is 0 Å². The molecule has 0 saturated carbocycles. The summed E-state index contributed by atoms with van der Waals surface area (Å²) in [6.07, 6.45) is 51.9. The fraction of sp³-hybridized carbons (Fsp3) is 0.689. The van der Waals surface area contributed by atoms with E-state index in [-0.39, 0.29) is 19.4 Å². The molecule has 0 heterocycles. The Morgan fingerprint density at radius 2 is 0.889 bits per heavy atom. The van der Waals surface area contributed by atoms with Gasteiger partial charge in [0.1, 0.15) is 6.61 Å². The monoisotopic (exact) mass is 777 g/mol. The van der Waals surface area contributed by atoms with Gasteiger partial charge in [0.25, 0.3) is 0 Å². The second kappa shape index (κ2) is 40.2. The Morgan fingerprint density at radius 3 is 1.37 bits per heavy atom. The van der Waals surface area contributed by atoms with Crippen LogP contribution in [0.1, 0.15) is 181 Å². The molecule has 0 saturated heterocycles. The van der Waals surface area contributed by atoms with Crippen LogP contribution in [0.25, 0.3) is 0 Å². The molecular weight excluding hydrogens is 699 g/mol. The topological polar surface area (TPSA) is 119 Å². The van der Waals surface area contributed by atoms with Gasteiger partial charge in [0.15, 0.2) is 6.10 Å². The van der Waals surface area contributed by atoms with Crippen molar-refractivity contribution < 1.29 is 37.9 Å². The van der Waals surface area contributed by atoms with E-state index in [0.29, 0.717) is 12.8 Å². The maximum Gasteiger partial charge on any atom is 0.469 e. The fourth-order valence-electron chi connectivity index (χ4n) is 5.57. The van der Waals surface area contributed by atoms with Gasteiger partial charge in [-0.15, -0.1) is 0 Å². The Bertz CT molecular complexity index is 1100. The van der Waals surface area contributed by atoms with Crippen molar-refractivity contribution in [1.29, 1.82) is 0 Å². The third-order valence-corrected chi connectivity index (χ3v) is 9.19. The lowest BCUT2D eigenvalue weighted by Gasteiger charge is -2.18. The first-order chi connectivity index (χ1) is 26.3. The van der Waals surface area contributed by atoms with Crippen molar-refractivity contribution in [3.63, 3.8) is 0 Å². The number of rotatable bonds is 38. The standard InChI is InChI=1S/C45H77O8P/c1-3-5-7-9-11-13-15-17-19-21-22-24-26-28-30-32-34-36-38-40-45(47)53-43(42-52-54(48,49)50)41-51-44(46)39-37-35-33-31-29-27-25-23-20-18-16-14-12-10-8-6-4-2/h5,7,11,13,17-20,22,24,28,30,43H,3-4,6,8-10,12,14-16,21,23,25-27,29,31-42H2,1-2H3,(H2,48,49,50)/b7-5-,13-11-,19-17-,20-18-,24-22-,30-28-. The smallest absolute Gasteiger partial charge is 0.462 e. The molecule has 0 aliphatic rings. The summed E-state index contributed by atoms with van der Waals surface area (Å²) in [5.41, 5.74) is 0. The van der Waals surface area contributed by atoms with Crippen LogP contribution in [0.3, 0.4) is 0 Å². The number of carbonyl (C=O) groups is 2. The average Bonchev–Trinajstić information content (AvgIpc) is 3.14. The summed E-state index contributed by atoms with van der Waals surface area (Å²) in [5.74, 6) is -0.931. The molecule has 9 heteroatoms. The lowest BCUT2D eigenvalue weighted by Crippen LogP contribution is -2.29. The summed E-state index contributed by atoms with van der Waals surface area (Å²) < 4.78 is 26.4. The summed E-state index contributed by atoms with van der Waals surface area (Å²) in [6, 6.07) is 0. The highest BCUT2D eigenvalue weighted by Gasteiger charge is 2.22. The molecule has 2 N–H and O–H groups in total. The van der Waals surface area contributed by atoms with Gasteiger partial charge >= 0.3 is 19.8 Å². The number of ether oxygens (including phenoxy) is 2. The summed E-state index contributed by atoms with van der Waals surface area (Å²) in [7, 11) is -4.77. The van der Waals surface area contributed by atoms with Crippen molar-refractivity contribution >= 4 is 19.8 Å². The lowest BCUT2D eigenvalue weighted by atomic mass is 10.1. The van der Waals surface area contributed by atoms with Gasteiger partial charge in [-0.05, 0) is 83.5 Å². The predicted octanol–water partition coefficient (Wildman–Crippen LogP) is 13.1. The van der Waals surface area contributed by atoms with E-state index >= 15 is 0 Å². The van der Waals surface area contributed by atoms with Crippen molar-refractivity contribution in [2.45, 2.75) is 187 Å². The van der Waals surface area contributed by atoms with Crippen molar-refractivity contribution in [3.8, 4) is 0 Å². The molecule has 8 nitrogen and oxygen atoms in total. The molecule has 0 aromatic carbocycles. The molecule has 0 bridgehead atoms. The Balaban J connectivity index is 4.01. The maximum absolute atomic E-state index is 12.4. The minimum atomic E-state index is -4.77. The van der Waals surface area contributed by atoms with Gasteiger partial charge in [-0.25, -0.2) is 4.57 Å². The third-order valence-electron chi connectivity index (χ3n) is 8.71. The number of hydrogen-bond donors (Lipinski definition) is 2. The van der Waals surface area contributed by atoms with Crippen molar-refractivity contribution in [1.82, 2.24) is 0 Å². The molecule has 1 atom stereocenters.